The number of amides is 3. The molecule has 2 rings (SSSR count). The number of rotatable bonds is 4. The normalized spacial score (nSPS) is 22.5. The fourth-order valence-electron chi connectivity index (χ4n) is 3.52. The second kappa shape index (κ2) is 8.26. The van der Waals surface area contributed by atoms with Gasteiger partial charge >= 0.3 is 12.1 Å². The van der Waals surface area contributed by atoms with Gasteiger partial charge in [0.25, 0.3) is 0 Å². The Balaban J connectivity index is 2.06. The number of alkyl halides is 3. The molecule has 2 heterocycles. The lowest BCUT2D eigenvalue weighted by atomic mass is 10.0. The maximum Gasteiger partial charge on any atom is 0.471 e. The highest BCUT2D eigenvalue weighted by Gasteiger charge is 2.48. The van der Waals surface area contributed by atoms with Crippen LogP contribution in [0.1, 0.15) is 46.0 Å². The molecule has 2 aliphatic rings. The van der Waals surface area contributed by atoms with Crippen molar-refractivity contribution in [3.05, 3.63) is 0 Å². The predicted molar refractivity (Wildman–Crippen MR) is 88.0 cm³/mol. The van der Waals surface area contributed by atoms with E-state index in [1.807, 2.05) is 0 Å². The molecule has 0 aromatic heterocycles. The highest BCUT2D eigenvalue weighted by molar-refractivity contribution is 5.93. The standard InChI is InChI=1S/C17H26F3N3O3/c1-11(2)13(15(25)22-8-4-3-5-9-22)21-14(24)12-7-6-10-23(12)16(26)17(18,19)20/h11-13H,3-10H2,1-2H3,(H,21,24)/t12?,13-/m0/s1. The van der Waals surface area contributed by atoms with Crippen LogP contribution < -0.4 is 5.32 Å². The third-order valence-corrected chi connectivity index (χ3v) is 4.96. The van der Waals surface area contributed by atoms with E-state index < -0.39 is 30.1 Å². The number of hydrogen-bond acceptors (Lipinski definition) is 3. The summed E-state index contributed by atoms with van der Waals surface area (Å²) in [6, 6.07) is -1.98. The first-order valence-corrected chi connectivity index (χ1v) is 9.10. The summed E-state index contributed by atoms with van der Waals surface area (Å²) in [5.41, 5.74) is 0. The van der Waals surface area contributed by atoms with Gasteiger partial charge in [-0.2, -0.15) is 13.2 Å². The summed E-state index contributed by atoms with van der Waals surface area (Å²) in [5, 5.41) is 2.60. The maximum atomic E-state index is 12.7. The monoisotopic (exact) mass is 377 g/mol. The van der Waals surface area contributed by atoms with Crippen molar-refractivity contribution in [1.82, 2.24) is 15.1 Å². The molecule has 2 saturated heterocycles. The summed E-state index contributed by atoms with van der Waals surface area (Å²) >= 11 is 0. The molecule has 0 bridgehead atoms. The SMILES string of the molecule is CC(C)[C@H](NC(=O)C1CCCN1C(=O)C(F)(F)F)C(=O)N1CCCCC1. The van der Waals surface area contributed by atoms with Crippen molar-refractivity contribution >= 4 is 17.7 Å². The Bertz CT molecular complexity index is 545. The minimum absolute atomic E-state index is 0.108. The Morgan fingerprint density at radius 3 is 2.15 bits per heavy atom. The smallest absolute Gasteiger partial charge is 0.342 e. The Kier molecular flexibility index (Phi) is 6.52. The Labute approximate surface area is 151 Å². The van der Waals surface area contributed by atoms with Gasteiger partial charge < -0.3 is 15.1 Å². The van der Waals surface area contributed by atoms with Crippen molar-refractivity contribution in [3.63, 3.8) is 0 Å². The molecule has 0 radical (unpaired) electrons. The van der Waals surface area contributed by atoms with Gasteiger partial charge in [0.15, 0.2) is 0 Å². The summed E-state index contributed by atoms with van der Waals surface area (Å²) < 4.78 is 38.1. The molecule has 0 aromatic carbocycles. The fraction of sp³-hybridized carbons (Fsp3) is 0.824. The molecule has 148 valence electrons. The molecule has 0 saturated carbocycles. The number of likely N-dealkylation sites (tertiary alicyclic amines) is 2. The summed E-state index contributed by atoms with van der Waals surface area (Å²) in [6.45, 7) is 4.70. The first-order valence-electron chi connectivity index (χ1n) is 9.10. The number of piperidine rings is 1. The van der Waals surface area contributed by atoms with Crippen LogP contribution in [-0.4, -0.2) is 65.4 Å². The van der Waals surface area contributed by atoms with Crippen LogP contribution in [0.5, 0.6) is 0 Å². The van der Waals surface area contributed by atoms with Crippen LogP contribution in [0.25, 0.3) is 0 Å². The van der Waals surface area contributed by atoms with Gasteiger partial charge in [-0.05, 0) is 38.0 Å². The van der Waals surface area contributed by atoms with Crippen LogP contribution in [0.3, 0.4) is 0 Å². The summed E-state index contributed by atoms with van der Waals surface area (Å²) in [4.78, 5) is 39.1. The topological polar surface area (TPSA) is 69.7 Å². The van der Waals surface area contributed by atoms with Gasteiger partial charge in [0.1, 0.15) is 12.1 Å². The molecule has 2 aliphatic heterocycles. The molecular formula is C17H26F3N3O3. The van der Waals surface area contributed by atoms with Gasteiger partial charge in [-0.25, -0.2) is 0 Å². The highest BCUT2D eigenvalue weighted by Crippen LogP contribution is 2.26. The first kappa shape index (κ1) is 20.5. The van der Waals surface area contributed by atoms with E-state index in [4.69, 9.17) is 0 Å². The lowest BCUT2D eigenvalue weighted by Gasteiger charge is -2.33. The zero-order valence-corrected chi connectivity index (χ0v) is 15.1. The van der Waals surface area contributed by atoms with Crippen LogP contribution >= 0.6 is 0 Å². The molecule has 3 amide bonds. The predicted octanol–water partition coefficient (Wildman–Crippen LogP) is 1.69. The third kappa shape index (κ3) is 4.67. The average Bonchev–Trinajstić information content (AvgIpc) is 3.07. The van der Waals surface area contributed by atoms with Crippen LogP contribution in [0.4, 0.5) is 13.2 Å². The molecule has 1 unspecified atom stereocenters. The number of carbonyl (C=O) groups excluding carboxylic acids is 3. The Morgan fingerprint density at radius 1 is 1.00 bits per heavy atom. The van der Waals surface area contributed by atoms with Crippen molar-refractivity contribution in [1.29, 1.82) is 0 Å². The average molecular weight is 377 g/mol. The molecule has 9 heteroatoms. The van der Waals surface area contributed by atoms with Gasteiger partial charge in [0.2, 0.25) is 11.8 Å². The molecule has 0 aliphatic carbocycles. The Hall–Kier alpha value is -1.80. The minimum Gasteiger partial charge on any atom is -0.342 e. The van der Waals surface area contributed by atoms with E-state index in [1.54, 1.807) is 18.7 Å². The molecule has 2 atom stereocenters. The van der Waals surface area contributed by atoms with E-state index in [0.29, 0.717) is 24.4 Å². The third-order valence-electron chi connectivity index (χ3n) is 4.96. The van der Waals surface area contributed by atoms with Crippen molar-refractivity contribution in [2.75, 3.05) is 19.6 Å². The minimum atomic E-state index is -5.01. The van der Waals surface area contributed by atoms with Crippen LogP contribution in [-0.2, 0) is 14.4 Å². The van der Waals surface area contributed by atoms with E-state index in [1.165, 1.54) is 0 Å². The van der Waals surface area contributed by atoms with E-state index in [9.17, 15) is 27.6 Å². The van der Waals surface area contributed by atoms with Crippen molar-refractivity contribution in [3.8, 4) is 0 Å². The molecule has 6 nitrogen and oxygen atoms in total. The molecule has 0 spiro atoms. The molecule has 1 N–H and O–H groups in total. The number of halogens is 3. The zero-order chi connectivity index (χ0) is 19.5. The van der Waals surface area contributed by atoms with Crippen LogP contribution in [0, 0.1) is 5.92 Å². The Morgan fingerprint density at radius 2 is 1.62 bits per heavy atom. The number of nitrogens with zero attached hydrogens (tertiary/aromatic N) is 2. The lowest BCUT2D eigenvalue weighted by molar-refractivity contribution is -0.186. The van der Waals surface area contributed by atoms with Crippen LogP contribution in [0.2, 0.25) is 0 Å². The van der Waals surface area contributed by atoms with Crippen molar-refractivity contribution < 1.29 is 27.6 Å². The maximum absolute atomic E-state index is 12.7. The molecule has 2 fully saturated rings. The molecular weight excluding hydrogens is 351 g/mol. The quantitative estimate of drug-likeness (QED) is 0.811. The molecule has 0 aromatic rings. The number of nitrogens with one attached hydrogen (secondary N) is 1. The van der Waals surface area contributed by atoms with Gasteiger partial charge in [-0.1, -0.05) is 13.8 Å². The number of carbonyl (C=O) groups is 3. The van der Waals surface area contributed by atoms with Gasteiger partial charge in [0, 0.05) is 19.6 Å². The van der Waals surface area contributed by atoms with E-state index in [-0.39, 0.29) is 24.8 Å². The largest absolute Gasteiger partial charge is 0.471 e. The summed E-state index contributed by atoms with van der Waals surface area (Å²) in [7, 11) is 0. The second-order valence-electron chi connectivity index (χ2n) is 7.27. The van der Waals surface area contributed by atoms with Gasteiger partial charge in [0.05, 0.1) is 0 Å². The number of hydrogen-bond donors (Lipinski definition) is 1. The van der Waals surface area contributed by atoms with Crippen LogP contribution in [0.15, 0.2) is 0 Å². The second-order valence-corrected chi connectivity index (χ2v) is 7.27. The fourth-order valence-corrected chi connectivity index (χ4v) is 3.52. The van der Waals surface area contributed by atoms with Gasteiger partial charge in [-0.3, -0.25) is 14.4 Å². The first-order chi connectivity index (χ1) is 12.1. The van der Waals surface area contributed by atoms with E-state index >= 15 is 0 Å². The van der Waals surface area contributed by atoms with Crippen molar-refractivity contribution in [2.45, 2.75) is 64.2 Å². The van der Waals surface area contributed by atoms with Crippen molar-refractivity contribution in [2.24, 2.45) is 5.92 Å². The molecule has 26 heavy (non-hydrogen) atoms. The summed E-state index contributed by atoms with van der Waals surface area (Å²) in [6.07, 6.45) is -1.66. The van der Waals surface area contributed by atoms with Gasteiger partial charge in [-0.15, -0.1) is 0 Å². The van der Waals surface area contributed by atoms with E-state index in [2.05, 4.69) is 5.32 Å². The highest BCUT2D eigenvalue weighted by atomic mass is 19.4. The summed E-state index contributed by atoms with van der Waals surface area (Å²) in [5.74, 6) is -3.11. The lowest BCUT2D eigenvalue weighted by Crippen LogP contribution is -2.57. The van der Waals surface area contributed by atoms with E-state index in [0.717, 1.165) is 19.3 Å². The zero-order valence-electron chi connectivity index (χ0n) is 15.1.